The van der Waals surface area contributed by atoms with Gasteiger partial charge in [0.25, 0.3) is 0 Å². The molecule has 16 heavy (non-hydrogen) atoms. The van der Waals surface area contributed by atoms with Gasteiger partial charge in [0.2, 0.25) is 5.95 Å². The molecule has 0 aliphatic rings. The second-order valence-corrected chi connectivity index (χ2v) is 4.03. The van der Waals surface area contributed by atoms with E-state index in [1.54, 1.807) is 0 Å². The zero-order valence-corrected chi connectivity index (χ0v) is 10.8. The fraction of sp³-hybridized carbons (Fsp3) is 0.833. The van der Waals surface area contributed by atoms with Crippen molar-refractivity contribution in [3.63, 3.8) is 0 Å². The van der Waals surface area contributed by atoms with Gasteiger partial charge >= 0.3 is 0 Å². The predicted molar refractivity (Wildman–Crippen MR) is 67.7 cm³/mol. The molecule has 0 aromatic carbocycles. The van der Waals surface area contributed by atoms with Gasteiger partial charge in [0.15, 0.2) is 0 Å². The first-order chi connectivity index (χ1) is 7.83. The Bertz CT molecular complexity index is 293. The number of aromatic nitrogens is 3. The molecular formula is C12H24N4. The van der Waals surface area contributed by atoms with Gasteiger partial charge in [-0.3, -0.25) is 4.57 Å². The van der Waals surface area contributed by atoms with Gasteiger partial charge in [0, 0.05) is 19.5 Å². The largest absolute Gasteiger partial charge is 0.355 e. The molecule has 0 saturated carbocycles. The lowest BCUT2D eigenvalue weighted by atomic mass is 10.1. The van der Waals surface area contributed by atoms with Gasteiger partial charge in [-0.1, -0.05) is 26.2 Å². The number of nitrogens with one attached hydrogen (secondary N) is 1. The molecule has 1 rings (SSSR count). The van der Waals surface area contributed by atoms with Crippen molar-refractivity contribution in [2.45, 2.75) is 59.4 Å². The lowest BCUT2D eigenvalue weighted by Crippen LogP contribution is -2.08. The first-order valence-electron chi connectivity index (χ1n) is 6.49. The average molecular weight is 224 g/mol. The van der Waals surface area contributed by atoms with Crippen molar-refractivity contribution < 1.29 is 0 Å². The van der Waals surface area contributed by atoms with E-state index in [1.807, 2.05) is 0 Å². The van der Waals surface area contributed by atoms with E-state index in [9.17, 15) is 0 Å². The van der Waals surface area contributed by atoms with Crippen LogP contribution in [0.1, 0.15) is 52.3 Å². The van der Waals surface area contributed by atoms with E-state index in [-0.39, 0.29) is 0 Å². The van der Waals surface area contributed by atoms with E-state index in [1.165, 1.54) is 25.7 Å². The van der Waals surface area contributed by atoms with Crippen molar-refractivity contribution in [1.82, 2.24) is 14.8 Å². The minimum atomic E-state index is 0.897. The smallest absolute Gasteiger partial charge is 0.224 e. The van der Waals surface area contributed by atoms with Crippen LogP contribution < -0.4 is 5.32 Å². The van der Waals surface area contributed by atoms with Crippen LogP contribution in [0.15, 0.2) is 0 Å². The number of rotatable bonds is 8. The van der Waals surface area contributed by atoms with Gasteiger partial charge in [-0.15, -0.1) is 10.2 Å². The summed E-state index contributed by atoms with van der Waals surface area (Å²) in [6.45, 7) is 8.29. The summed E-state index contributed by atoms with van der Waals surface area (Å²) in [5, 5.41) is 11.7. The maximum Gasteiger partial charge on any atom is 0.224 e. The molecule has 0 aliphatic carbocycles. The summed E-state index contributed by atoms with van der Waals surface area (Å²) in [4.78, 5) is 0. The Balaban J connectivity index is 2.51. The molecule has 1 heterocycles. The third kappa shape index (κ3) is 3.51. The van der Waals surface area contributed by atoms with Gasteiger partial charge in [0.05, 0.1) is 0 Å². The molecule has 0 atom stereocenters. The molecule has 0 radical (unpaired) electrons. The highest BCUT2D eigenvalue weighted by atomic mass is 15.3. The zero-order valence-electron chi connectivity index (χ0n) is 10.8. The molecular weight excluding hydrogens is 200 g/mol. The highest BCUT2D eigenvalue weighted by molar-refractivity contribution is 5.25. The number of anilines is 1. The normalized spacial score (nSPS) is 10.7. The molecule has 0 saturated heterocycles. The SMILES string of the molecule is CCCCCCc1nnc(NCC)n1CC. The van der Waals surface area contributed by atoms with E-state index in [0.29, 0.717) is 0 Å². The van der Waals surface area contributed by atoms with Crippen molar-refractivity contribution in [1.29, 1.82) is 0 Å². The van der Waals surface area contributed by atoms with E-state index in [4.69, 9.17) is 0 Å². The van der Waals surface area contributed by atoms with Gasteiger partial charge in [-0.25, -0.2) is 0 Å². The quantitative estimate of drug-likeness (QED) is 0.690. The Morgan fingerprint density at radius 3 is 2.50 bits per heavy atom. The van der Waals surface area contributed by atoms with Crippen LogP contribution in [-0.4, -0.2) is 21.3 Å². The Labute approximate surface area is 98.5 Å². The Kier molecular flexibility index (Phi) is 5.90. The molecule has 0 aliphatic heterocycles. The van der Waals surface area contributed by atoms with Gasteiger partial charge < -0.3 is 5.32 Å². The fourth-order valence-electron chi connectivity index (χ4n) is 1.85. The van der Waals surface area contributed by atoms with Crippen LogP contribution in [0.3, 0.4) is 0 Å². The Hall–Kier alpha value is -1.06. The van der Waals surface area contributed by atoms with Gasteiger partial charge in [0.1, 0.15) is 5.82 Å². The number of aryl methyl sites for hydroxylation is 1. The van der Waals surface area contributed by atoms with Crippen LogP contribution in [0.25, 0.3) is 0 Å². The van der Waals surface area contributed by atoms with E-state index in [0.717, 1.165) is 31.3 Å². The molecule has 0 amide bonds. The molecule has 4 nitrogen and oxygen atoms in total. The predicted octanol–water partition coefficient (Wildman–Crippen LogP) is 2.85. The van der Waals surface area contributed by atoms with Crippen LogP contribution in [0, 0.1) is 0 Å². The molecule has 92 valence electrons. The van der Waals surface area contributed by atoms with E-state index in [2.05, 4.69) is 40.9 Å². The van der Waals surface area contributed by atoms with Crippen molar-refractivity contribution in [2.24, 2.45) is 0 Å². The van der Waals surface area contributed by atoms with E-state index < -0.39 is 0 Å². The molecule has 0 spiro atoms. The summed E-state index contributed by atoms with van der Waals surface area (Å²) >= 11 is 0. The molecule has 0 bridgehead atoms. The number of nitrogens with zero attached hydrogens (tertiary/aromatic N) is 3. The monoisotopic (exact) mass is 224 g/mol. The highest BCUT2D eigenvalue weighted by Gasteiger charge is 2.08. The lowest BCUT2D eigenvalue weighted by Gasteiger charge is -2.07. The summed E-state index contributed by atoms with van der Waals surface area (Å²) < 4.78 is 2.18. The van der Waals surface area contributed by atoms with Crippen LogP contribution >= 0.6 is 0 Å². The molecule has 0 fully saturated rings. The topological polar surface area (TPSA) is 42.7 Å². The first kappa shape index (κ1) is 13.0. The second-order valence-electron chi connectivity index (χ2n) is 4.03. The third-order valence-corrected chi connectivity index (χ3v) is 2.73. The van der Waals surface area contributed by atoms with Crippen molar-refractivity contribution in [3.8, 4) is 0 Å². The highest BCUT2D eigenvalue weighted by Crippen LogP contribution is 2.11. The molecule has 1 aromatic heterocycles. The van der Waals surface area contributed by atoms with Crippen LogP contribution in [0.4, 0.5) is 5.95 Å². The summed E-state index contributed by atoms with van der Waals surface area (Å²) in [7, 11) is 0. The summed E-state index contributed by atoms with van der Waals surface area (Å²) in [5.41, 5.74) is 0. The minimum Gasteiger partial charge on any atom is -0.355 e. The van der Waals surface area contributed by atoms with Crippen molar-refractivity contribution >= 4 is 5.95 Å². The maximum absolute atomic E-state index is 4.25. The summed E-state index contributed by atoms with van der Waals surface area (Å²) in [6.07, 6.45) is 6.16. The first-order valence-corrected chi connectivity index (χ1v) is 6.49. The molecule has 4 heteroatoms. The molecule has 1 aromatic rings. The minimum absolute atomic E-state index is 0.897. The van der Waals surface area contributed by atoms with Crippen molar-refractivity contribution in [2.75, 3.05) is 11.9 Å². The Morgan fingerprint density at radius 2 is 1.88 bits per heavy atom. The third-order valence-electron chi connectivity index (χ3n) is 2.73. The summed E-state index contributed by atoms with van der Waals surface area (Å²) in [5.74, 6) is 2.03. The number of hydrogen-bond acceptors (Lipinski definition) is 3. The fourth-order valence-corrected chi connectivity index (χ4v) is 1.85. The van der Waals surface area contributed by atoms with Crippen LogP contribution in [0.2, 0.25) is 0 Å². The second kappa shape index (κ2) is 7.25. The van der Waals surface area contributed by atoms with Crippen LogP contribution in [-0.2, 0) is 13.0 Å². The van der Waals surface area contributed by atoms with Gasteiger partial charge in [-0.05, 0) is 20.3 Å². The standard InChI is InChI=1S/C12H24N4/c1-4-7-8-9-10-11-14-15-12(13-5-2)16(11)6-3/h4-10H2,1-3H3,(H,13,15). The van der Waals surface area contributed by atoms with Gasteiger partial charge in [-0.2, -0.15) is 0 Å². The molecule has 1 N–H and O–H groups in total. The average Bonchev–Trinajstić information content (AvgIpc) is 2.67. The zero-order chi connectivity index (χ0) is 11.8. The van der Waals surface area contributed by atoms with E-state index >= 15 is 0 Å². The molecule has 0 unspecified atom stereocenters. The van der Waals surface area contributed by atoms with Crippen molar-refractivity contribution in [3.05, 3.63) is 5.82 Å². The Morgan fingerprint density at radius 1 is 1.06 bits per heavy atom. The number of unbranched alkanes of at least 4 members (excludes halogenated alkanes) is 3. The lowest BCUT2D eigenvalue weighted by molar-refractivity contribution is 0.621. The van der Waals surface area contributed by atoms with Crippen LogP contribution in [0.5, 0.6) is 0 Å². The summed E-state index contributed by atoms with van der Waals surface area (Å²) in [6, 6.07) is 0. The maximum atomic E-state index is 4.25. The number of hydrogen-bond donors (Lipinski definition) is 1.